The molecular weight excluding hydrogens is 332 g/mol. The van der Waals surface area contributed by atoms with Crippen LogP contribution in [0.25, 0.3) is 0 Å². The number of aromatic nitrogens is 2. The number of rotatable bonds is 5. The summed E-state index contributed by atoms with van der Waals surface area (Å²) in [6, 6.07) is 4.05. The normalized spacial score (nSPS) is 17.9. The van der Waals surface area contributed by atoms with Gasteiger partial charge in [-0.3, -0.25) is 9.59 Å². The van der Waals surface area contributed by atoms with Crippen LogP contribution < -0.4 is 5.32 Å². The van der Waals surface area contributed by atoms with Crippen molar-refractivity contribution in [2.45, 2.75) is 25.7 Å². The molecule has 3 rings (SSSR count). The van der Waals surface area contributed by atoms with E-state index in [4.69, 9.17) is 0 Å². The van der Waals surface area contributed by atoms with Crippen LogP contribution in [0.4, 0.5) is 5.13 Å². The van der Waals surface area contributed by atoms with Crippen LogP contribution in [0.3, 0.4) is 0 Å². The summed E-state index contributed by atoms with van der Waals surface area (Å²) in [6.45, 7) is 1.24. The molecule has 1 aliphatic heterocycles. The Balaban J connectivity index is 1.50. The predicted molar refractivity (Wildman–Crippen MR) is 90.5 cm³/mol. The predicted octanol–water partition coefficient (Wildman–Crippen LogP) is 2.41. The molecule has 1 atom stereocenters. The van der Waals surface area contributed by atoms with E-state index < -0.39 is 0 Å². The molecule has 0 bridgehead atoms. The first-order valence-electron chi connectivity index (χ1n) is 7.59. The topological polar surface area (TPSA) is 75.2 Å². The van der Waals surface area contributed by atoms with Crippen molar-refractivity contribution in [3.05, 3.63) is 27.9 Å². The average molecular weight is 350 g/mol. The molecule has 0 unspecified atom stereocenters. The van der Waals surface area contributed by atoms with Gasteiger partial charge in [0.1, 0.15) is 5.51 Å². The summed E-state index contributed by atoms with van der Waals surface area (Å²) in [7, 11) is 0. The van der Waals surface area contributed by atoms with E-state index in [1.54, 1.807) is 16.8 Å². The number of carbonyl (C=O) groups is 2. The van der Waals surface area contributed by atoms with E-state index in [1.807, 2.05) is 22.4 Å². The molecule has 1 aliphatic rings. The van der Waals surface area contributed by atoms with Crippen LogP contribution in [0.1, 0.15) is 24.1 Å². The molecule has 2 aromatic rings. The van der Waals surface area contributed by atoms with E-state index in [0.29, 0.717) is 18.1 Å². The van der Waals surface area contributed by atoms with E-state index in [2.05, 4.69) is 15.5 Å². The summed E-state index contributed by atoms with van der Waals surface area (Å²) in [6.07, 6.45) is 2.94. The zero-order chi connectivity index (χ0) is 16.1. The summed E-state index contributed by atoms with van der Waals surface area (Å²) in [5, 5.41) is 12.8. The highest BCUT2D eigenvalue weighted by molar-refractivity contribution is 7.13. The monoisotopic (exact) mass is 350 g/mol. The van der Waals surface area contributed by atoms with Gasteiger partial charge in [0.2, 0.25) is 16.9 Å². The van der Waals surface area contributed by atoms with Crippen molar-refractivity contribution < 1.29 is 9.59 Å². The fourth-order valence-electron chi connectivity index (χ4n) is 2.70. The Morgan fingerprint density at radius 2 is 2.30 bits per heavy atom. The van der Waals surface area contributed by atoms with Crippen LogP contribution in [-0.4, -0.2) is 40.0 Å². The van der Waals surface area contributed by atoms with E-state index >= 15 is 0 Å². The first kappa shape index (κ1) is 16.1. The van der Waals surface area contributed by atoms with Crippen molar-refractivity contribution >= 4 is 39.6 Å². The number of thiophene rings is 1. The van der Waals surface area contributed by atoms with Crippen molar-refractivity contribution in [3.63, 3.8) is 0 Å². The minimum atomic E-state index is -0.168. The number of likely N-dealkylation sites (tertiary alicyclic amines) is 1. The first-order valence-corrected chi connectivity index (χ1v) is 9.35. The maximum atomic E-state index is 12.4. The van der Waals surface area contributed by atoms with Crippen molar-refractivity contribution in [1.29, 1.82) is 0 Å². The lowest BCUT2D eigenvalue weighted by molar-refractivity contribution is -0.134. The number of anilines is 1. The van der Waals surface area contributed by atoms with Crippen LogP contribution in [0.15, 0.2) is 23.0 Å². The number of piperidine rings is 1. The van der Waals surface area contributed by atoms with Gasteiger partial charge in [0.15, 0.2) is 0 Å². The van der Waals surface area contributed by atoms with Crippen molar-refractivity contribution in [2.24, 2.45) is 5.92 Å². The molecule has 6 nitrogen and oxygen atoms in total. The molecule has 1 saturated heterocycles. The molecule has 8 heteroatoms. The number of carbonyl (C=O) groups excluding carboxylic acids is 2. The summed E-state index contributed by atoms with van der Waals surface area (Å²) < 4.78 is 0. The second-order valence-corrected chi connectivity index (χ2v) is 7.36. The standard InChI is InChI=1S/C15H18N4O2S2/c20-13(6-5-12-4-2-8-22-12)19-7-1-3-11(9-19)14(21)17-15-18-16-10-23-15/h2,4,8,10-11H,1,3,5-7,9H2,(H,17,18,21)/t11-/m0/s1. The number of aryl methyl sites for hydroxylation is 1. The lowest BCUT2D eigenvalue weighted by Gasteiger charge is -2.32. The molecule has 2 aromatic heterocycles. The number of hydrogen-bond acceptors (Lipinski definition) is 6. The quantitative estimate of drug-likeness (QED) is 0.898. The van der Waals surface area contributed by atoms with Gasteiger partial charge in [-0.1, -0.05) is 17.4 Å². The molecule has 1 N–H and O–H groups in total. The highest BCUT2D eigenvalue weighted by Gasteiger charge is 2.28. The number of nitrogens with zero attached hydrogens (tertiary/aromatic N) is 3. The summed E-state index contributed by atoms with van der Waals surface area (Å²) in [4.78, 5) is 27.7. The van der Waals surface area contributed by atoms with Crippen LogP contribution in [0.5, 0.6) is 0 Å². The molecule has 0 aliphatic carbocycles. The van der Waals surface area contributed by atoms with Crippen molar-refractivity contribution in [1.82, 2.24) is 15.1 Å². The van der Waals surface area contributed by atoms with Gasteiger partial charge in [0.25, 0.3) is 0 Å². The van der Waals surface area contributed by atoms with Gasteiger partial charge in [-0.2, -0.15) is 0 Å². The minimum absolute atomic E-state index is 0.0718. The zero-order valence-electron chi connectivity index (χ0n) is 12.6. The molecule has 0 aromatic carbocycles. The Kier molecular flexibility index (Phi) is 5.35. The summed E-state index contributed by atoms with van der Waals surface area (Å²) >= 11 is 2.97. The molecule has 23 heavy (non-hydrogen) atoms. The molecule has 2 amide bonds. The van der Waals surface area contributed by atoms with Crippen LogP contribution in [0.2, 0.25) is 0 Å². The Hall–Kier alpha value is -1.80. The first-order chi connectivity index (χ1) is 11.2. The second kappa shape index (κ2) is 7.65. The van der Waals surface area contributed by atoms with Crippen molar-refractivity contribution in [2.75, 3.05) is 18.4 Å². The Morgan fingerprint density at radius 1 is 1.39 bits per heavy atom. The highest BCUT2D eigenvalue weighted by atomic mass is 32.1. The molecular formula is C15H18N4O2S2. The molecule has 0 saturated carbocycles. The summed E-state index contributed by atoms with van der Waals surface area (Å²) in [5.41, 5.74) is 1.58. The van der Waals surface area contributed by atoms with E-state index in [-0.39, 0.29) is 17.7 Å². The number of nitrogens with one attached hydrogen (secondary N) is 1. The fourth-order valence-corrected chi connectivity index (χ4v) is 3.85. The van der Waals surface area contributed by atoms with Gasteiger partial charge >= 0.3 is 0 Å². The lowest BCUT2D eigenvalue weighted by atomic mass is 9.97. The highest BCUT2D eigenvalue weighted by Crippen LogP contribution is 2.20. The zero-order valence-corrected chi connectivity index (χ0v) is 14.2. The molecule has 1 fully saturated rings. The minimum Gasteiger partial charge on any atom is -0.342 e. The lowest BCUT2D eigenvalue weighted by Crippen LogP contribution is -2.43. The SMILES string of the molecule is O=C(Nc1nncs1)[C@H]1CCCN(C(=O)CCc2cccs2)C1. The van der Waals surface area contributed by atoms with Crippen LogP contribution in [-0.2, 0) is 16.0 Å². The Morgan fingerprint density at radius 3 is 3.04 bits per heavy atom. The molecule has 0 spiro atoms. The summed E-state index contributed by atoms with van der Waals surface area (Å²) in [5.74, 6) is -0.109. The third-order valence-corrected chi connectivity index (χ3v) is 5.44. The van der Waals surface area contributed by atoms with E-state index in [1.165, 1.54) is 16.2 Å². The van der Waals surface area contributed by atoms with Gasteiger partial charge < -0.3 is 10.2 Å². The third kappa shape index (κ3) is 4.35. The maximum Gasteiger partial charge on any atom is 0.231 e. The fraction of sp³-hybridized carbons (Fsp3) is 0.467. The van der Waals surface area contributed by atoms with Gasteiger partial charge in [0, 0.05) is 24.4 Å². The number of amides is 2. The second-order valence-electron chi connectivity index (χ2n) is 5.49. The van der Waals surface area contributed by atoms with Crippen molar-refractivity contribution in [3.8, 4) is 0 Å². The Labute approximate surface area is 142 Å². The average Bonchev–Trinajstić information content (AvgIpc) is 3.26. The van der Waals surface area contributed by atoms with Crippen LogP contribution >= 0.6 is 22.7 Å². The largest absolute Gasteiger partial charge is 0.342 e. The number of hydrogen-bond donors (Lipinski definition) is 1. The van der Waals surface area contributed by atoms with E-state index in [9.17, 15) is 9.59 Å². The smallest absolute Gasteiger partial charge is 0.231 e. The Bertz CT molecular complexity index is 643. The molecule has 0 radical (unpaired) electrons. The maximum absolute atomic E-state index is 12.4. The van der Waals surface area contributed by atoms with Gasteiger partial charge in [-0.25, -0.2) is 0 Å². The van der Waals surface area contributed by atoms with Gasteiger partial charge in [-0.15, -0.1) is 21.5 Å². The molecule has 122 valence electrons. The van der Waals surface area contributed by atoms with Gasteiger partial charge in [0.05, 0.1) is 5.92 Å². The molecule has 3 heterocycles. The van der Waals surface area contributed by atoms with E-state index in [0.717, 1.165) is 25.8 Å². The van der Waals surface area contributed by atoms with Gasteiger partial charge in [-0.05, 0) is 30.7 Å². The van der Waals surface area contributed by atoms with Crippen LogP contribution in [0, 0.1) is 5.92 Å². The third-order valence-electron chi connectivity index (χ3n) is 3.90.